The monoisotopic (exact) mass is 292 g/mol. The second kappa shape index (κ2) is 8.23. The van der Waals surface area contributed by atoms with Crippen LogP contribution < -0.4 is 0 Å². The second-order valence-electron chi connectivity index (χ2n) is 5.93. The molecule has 1 aromatic rings. The maximum Gasteiger partial charge on any atom is 0.354 e. The first-order valence-corrected chi connectivity index (χ1v) is 8.23. The number of likely N-dealkylation sites (tertiary alicyclic amines) is 1. The van der Waals surface area contributed by atoms with Crippen LogP contribution >= 0.6 is 0 Å². The third-order valence-electron chi connectivity index (χ3n) is 4.45. The van der Waals surface area contributed by atoms with Gasteiger partial charge in [0.05, 0.1) is 7.11 Å². The Hall–Kier alpha value is -1.29. The van der Waals surface area contributed by atoms with Crippen molar-refractivity contribution in [2.75, 3.05) is 26.7 Å². The van der Waals surface area contributed by atoms with Crippen LogP contribution in [0.5, 0.6) is 0 Å². The molecule has 118 valence electrons. The Morgan fingerprint density at radius 3 is 2.71 bits per heavy atom. The maximum absolute atomic E-state index is 11.8. The van der Waals surface area contributed by atoms with Crippen LogP contribution in [0, 0.1) is 0 Å². The normalized spacial score (nSPS) is 17.0. The van der Waals surface area contributed by atoms with E-state index in [9.17, 15) is 4.79 Å². The van der Waals surface area contributed by atoms with E-state index in [2.05, 4.69) is 16.4 Å². The third kappa shape index (κ3) is 4.34. The van der Waals surface area contributed by atoms with Crippen molar-refractivity contribution >= 4 is 5.97 Å². The first-order valence-electron chi connectivity index (χ1n) is 8.23. The van der Waals surface area contributed by atoms with Gasteiger partial charge in [0.1, 0.15) is 5.69 Å². The van der Waals surface area contributed by atoms with E-state index in [4.69, 9.17) is 4.74 Å². The number of methoxy groups -OCH3 is 1. The highest BCUT2D eigenvalue weighted by Gasteiger charge is 2.23. The molecule has 1 saturated heterocycles. The van der Waals surface area contributed by atoms with Crippen molar-refractivity contribution in [3.05, 3.63) is 24.0 Å². The lowest BCUT2D eigenvalue weighted by molar-refractivity contribution is 0.0582. The predicted molar refractivity (Wildman–Crippen MR) is 84.6 cm³/mol. The van der Waals surface area contributed by atoms with Gasteiger partial charge in [-0.2, -0.15) is 0 Å². The van der Waals surface area contributed by atoms with Gasteiger partial charge in [-0.05, 0) is 37.9 Å². The van der Waals surface area contributed by atoms with Crippen molar-refractivity contribution in [2.45, 2.75) is 51.5 Å². The Labute approximate surface area is 128 Å². The fourth-order valence-corrected chi connectivity index (χ4v) is 3.17. The summed E-state index contributed by atoms with van der Waals surface area (Å²) in [4.78, 5) is 14.3. The molecule has 0 aliphatic carbocycles. The molecule has 0 atom stereocenters. The molecular formula is C17H28N2O2. The zero-order chi connectivity index (χ0) is 15.1. The molecule has 0 aromatic carbocycles. The Morgan fingerprint density at radius 2 is 2.05 bits per heavy atom. The summed E-state index contributed by atoms with van der Waals surface area (Å²) in [5, 5.41) is 0. The fourth-order valence-electron chi connectivity index (χ4n) is 3.17. The van der Waals surface area contributed by atoms with Crippen LogP contribution in [0.15, 0.2) is 18.3 Å². The number of unbranched alkanes of at least 4 members (excludes halogenated alkanes) is 3. The average molecular weight is 292 g/mol. The SMILES string of the molecule is CCCCCCN1CCC(n2cccc2C(=O)OC)CC1. The Balaban J connectivity index is 1.81. The number of carbonyl (C=O) groups is 1. The number of piperidine rings is 1. The summed E-state index contributed by atoms with van der Waals surface area (Å²) >= 11 is 0. The Kier molecular flexibility index (Phi) is 6.30. The first kappa shape index (κ1) is 16.1. The van der Waals surface area contributed by atoms with Crippen LogP contribution in [0.4, 0.5) is 0 Å². The number of nitrogens with zero attached hydrogens (tertiary/aromatic N) is 2. The smallest absolute Gasteiger partial charge is 0.354 e. The van der Waals surface area contributed by atoms with Crippen LogP contribution in [0.2, 0.25) is 0 Å². The average Bonchev–Trinajstić information content (AvgIpc) is 3.01. The van der Waals surface area contributed by atoms with Gasteiger partial charge in [-0.15, -0.1) is 0 Å². The minimum atomic E-state index is -0.234. The molecule has 1 aliphatic heterocycles. The summed E-state index contributed by atoms with van der Waals surface area (Å²) in [6.45, 7) is 5.74. The number of carbonyl (C=O) groups excluding carboxylic acids is 1. The molecule has 0 bridgehead atoms. The van der Waals surface area contributed by atoms with E-state index < -0.39 is 0 Å². The van der Waals surface area contributed by atoms with Gasteiger partial charge < -0.3 is 14.2 Å². The van der Waals surface area contributed by atoms with Crippen molar-refractivity contribution < 1.29 is 9.53 Å². The lowest BCUT2D eigenvalue weighted by atomic mass is 10.0. The van der Waals surface area contributed by atoms with Gasteiger partial charge in [0.25, 0.3) is 0 Å². The van der Waals surface area contributed by atoms with Crippen LogP contribution in [-0.4, -0.2) is 42.2 Å². The molecule has 1 aliphatic rings. The van der Waals surface area contributed by atoms with Crippen molar-refractivity contribution in [3.8, 4) is 0 Å². The van der Waals surface area contributed by atoms with E-state index >= 15 is 0 Å². The molecule has 0 unspecified atom stereocenters. The summed E-state index contributed by atoms with van der Waals surface area (Å²) in [5.74, 6) is -0.234. The summed E-state index contributed by atoms with van der Waals surface area (Å²) in [7, 11) is 1.44. The zero-order valence-corrected chi connectivity index (χ0v) is 13.4. The van der Waals surface area contributed by atoms with E-state index in [-0.39, 0.29) is 5.97 Å². The maximum atomic E-state index is 11.8. The molecule has 4 heteroatoms. The van der Waals surface area contributed by atoms with Crippen LogP contribution in [0.3, 0.4) is 0 Å². The highest BCUT2D eigenvalue weighted by Crippen LogP contribution is 2.25. The predicted octanol–water partition coefficient (Wildman–Crippen LogP) is 3.49. The highest BCUT2D eigenvalue weighted by molar-refractivity contribution is 5.87. The van der Waals surface area contributed by atoms with Crippen LogP contribution in [-0.2, 0) is 4.74 Å². The number of esters is 1. The van der Waals surface area contributed by atoms with Gasteiger partial charge >= 0.3 is 5.97 Å². The summed E-state index contributed by atoms with van der Waals surface area (Å²) in [6, 6.07) is 4.22. The molecule has 0 saturated carbocycles. The van der Waals surface area contributed by atoms with Gasteiger partial charge in [0.15, 0.2) is 0 Å². The lowest BCUT2D eigenvalue weighted by Crippen LogP contribution is -2.35. The van der Waals surface area contributed by atoms with Gasteiger partial charge in [0.2, 0.25) is 0 Å². The number of aromatic nitrogens is 1. The van der Waals surface area contributed by atoms with Crippen molar-refractivity contribution in [2.24, 2.45) is 0 Å². The van der Waals surface area contributed by atoms with Crippen molar-refractivity contribution in [3.63, 3.8) is 0 Å². The highest BCUT2D eigenvalue weighted by atomic mass is 16.5. The van der Waals surface area contributed by atoms with E-state index in [1.807, 2.05) is 18.3 Å². The van der Waals surface area contributed by atoms with E-state index in [1.54, 1.807) is 0 Å². The van der Waals surface area contributed by atoms with Gasteiger partial charge in [-0.25, -0.2) is 4.79 Å². The van der Waals surface area contributed by atoms with Crippen LogP contribution in [0.25, 0.3) is 0 Å². The molecule has 1 aromatic heterocycles. The summed E-state index contributed by atoms with van der Waals surface area (Å²) in [5.41, 5.74) is 0.680. The molecule has 21 heavy (non-hydrogen) atoms. The largest absolute Gasteiger partial charge is 0.464 e. The molecule has 2 rings (SSSR count). The molecule has 1 fully saturated rings. The number of ether oxygens (including phenoxy) is 1. The topological polar surface area (TPSA) is 34.5 Å². The number of rotatable bonds is 7. The molecule has 0 radical (unpaired) electrons. The molecule has 0 amide bonds. The van der Waals surface area contributed by atoms with Gasteiger partial charge in [0, 0.05) is 25.3 Å². The minimum absolute atomic E-state index is 0.234. The molecular weight excluding hydrogens is 264 g/mol. The van der Waals surface area contributed by atoms with Crippen molar-refractivity contribution in [1.82, 2.24) is 9.47 Å². The zero-order valence-electron chi connectivity index (χ0n) is 13.4. The van der Waals surface area contributed by atoms with Crippen LogP contribution in [0.1, 0.15) is 62.0 Å². The molecule has 4 nitrogen and oxygen atoms in total. The standard InChI is InChI=1S/C17H28N2O2/c1-3-4-5-6-11-18-13-9-15(10-14-18)19-12-7-8-16(19)17(20)21-2/h7-8,12,15H,3-6,9-11,13-14H2,1-2H3. The minimum Gasteiger partial charge on any atom is -0.464 e. The number of hydrogen-bond acceptors (Lipinski definition) is 3. The molecule has 0 spiro atoms. The lowest BCUT2D eigenvalue weighted by Gasteiger charge is -2.33. The second-order valence-corrected chi connectivity index (χ2v) is 5.93. The first-order chi connectivity index (χ1) is 10.3. The molecule has 2 heterocycles. The Bertz CT molecular complexity index is 434. The van der Waals surface area contributed by atoms with E-state index in [1.165, 1.54) is 39.3 Å². The summed E-state index contributed by atoms with van der Waals surface area (Å²) < 4.78 is 6.95. The number of hydrogen-bond donors (Lipinski definition) is 0. The summed E-state index contributed by atoms with van der Waals surface area (Å²) in [6.07, 6.45) is 9.55. The quantitative estimate of drug-likeness (QED) is 0.570. The van der Waals surface area contributed by atoms with Crippen molar-refractivity contribution in [1.29, 1.82) is 0 Å². The molecule has 0 N–H and O–H groups in total. The van der Waals surface area contributed by atoms with E-state index in [0.717, 1.165) is 25.9 Å². The van der Waals surface area contributed by atoms with E-state index in [0.29, 0.717) is 11.7 Å². The van der Waals surface area contributed by atoms with Gasteiger partial charge in [-0.1, -0.05) is 26.2 Å². The van der Waals surface area contributed by atoms with Gasteiger partial charge in [-0.3, -0.25) is 0 Å². The Morgan fingerprint density at radius 1 is 1.29 bits per heavy atom. The third-order valence-corrected chi connectivity index (χ3v) is 4.45. The fraction of sp³-hybridized carbons (Fsp3) is 0.706.